The van der Waals surface area contributed by atoms with Crippen molar-refractivity contribution in [3.63, 3.8) is 0 Å². The normalized spacial score (nSPS) is 11.4. The lowest BCUT2D eigenvalue weighted by molar-refractivity contribution is 0.0293. The first kappa shape index (κ1) is 25.2. The van der Waals surface area contributed by atoms with Gasteiger partial charge < -0.3 is 14.6 Å². The number of hydrogen-bond acceptors (Lipinski definition) is 5. The smallest absolute Gasteiger partial charge is 0.429 e. The fraction of sp³-hybridized carbons (Fsp3) is 0.440. The maximum atomic E-state index is 12.8. The van der Waals surface area contributed by atoms with Crippen LogP contribution in [0.1, 0.15) is 56.6 Å². The first-order valence-electron chi connectivity index (χ1n) is 11.2. The molecule has 1 atom stereocenters. The molecule has 7 heteroatoms. The van der Waals surface area contributed by atoms with Gasteiger partial charge in [0, 0.05) is 0 Å². The Balaban J connectivity index is 1.97. The van der Waals surface area contributed by atoms with Gasteiger partial charge in [-0.2, -0.15) is 0 Å². The summed E-state index contributed by atoms with van der Waals surface area (Å²) in [5, 5.41) is 11.0. The Kier molecular flexibility index (Phi) is 11.7. The van der Waals surface area contributed by atoms with Crippen LogP contribution in [0.2, 0.25) is 0 Å². The van der Waals surface area contributed by atoms with E-state index in [1.165, 1.54) is 0 Å². The number of nitrogens with one attached hydrogen (secondary N) is 1. The number of carbonyl (C=O) groups is 2. The molecule has 2 aromatic carbocycles. The van der Waals surface area contributed by atoms with Gasteiger partial charge in [0.25, 0.3) is 0 Å². The van der Waals surface area contributed by atoms with Gasteiger partial charge in [-0.25, -0.2) is 20.0 Å². The van der Waals surface area contributed by atoms with Crippen molar-refractivity contribution in [3.8, 4) is 0 Å². The molecule has 2 rings (SSSR count). The minimum Gasteiger partial charge on any atom is -0.443 e. The minimum absolute atomic E-state index is 0.0611. The van der Waals surface area contributed by atoms with Crippen molar-refractivity contribution >= 4 is 12.2 Å². The van der Waals surface area contributed by atoms with E-state index < -0.39 is 18.2 Å². The third kappa shape index (κ3) is 9.39. The van der Waals surface area contributed by atoms with Crippen molar-refractivity contribution in [3.05, 3.63) is 71.8 Å². The van der Waals surface area contributed by atoms with Crippen LogP contribution in [-0.2, 0) is 22.7 Å². The number of benzene rings is 2. The van der Waals surface area contributed by atoms with E-state index in [4.69, 9.17) is 9.47 Å². The van der Waals surface area contributed by atoms with Crippen molar-refractivity contribution < 1.29 is 24.2 Å². The van der Waals surface area contributed by atoms with Crippen LogP contribution in [0.15, 0.2) is 60.7 Å². The van der Waals surface area contributed by atoms with Crippen LogP contribution in [-0.4, -0.2) is 35.0 Å². The molecule has 32 heavy (non-hydrogen) atoms. The first-order chi connectivity index (χ1) is 15.6. The SMILES string of the molecule is CCCCCCC[C@@H](CO)N(NC(=O)OCc1ccccc1)C(=O)OCc1ccccc1. The predicted molar refractivity (Wildman–Crippen MR) is 122 cm³/mol. The average Bonchev–Trinajstić information content (AvgIpc) is 2.83. The van der Waals surface area contributed by atoms with E-state index in [0.717, 1.165) is 48.2 Å². The Morgan fingerprint density at radius 3 is 2.00 bits per heavy atom. The molecule has 2 amide bonds. The summed E-state index contributed by atoms with van der Waals surface area (Å²) < 4.78 is 10.6. The second kappa shape index (κ2) is 14.9. The molecule has 0 spiro atoms. The fourth-order valence-electron chi connectivity index (χ4n) is 3.21. The van der Waals surface area contributed by atoms with Gasteiger partial charge in [-0.1, -0.05) is 99.7 Å². The highest BCUT2D eigenvalue weighted by molar-refractivity contribution is 5.74. The molecular weight excluding hydrogens is 408 g/mol. The highest BCUT2D eigenvalue weighted by atomic mass is 16.6. The number of unbranched alkanes of at least 4 members (excludes halogenated alkanes) is 4. The number of amides is 2. The van der Waals surface area contributed by atoms with Gasteiger partial charge in [0.1, 0.15) is 13.2 Å². The van der Waals surface area contributed by atoms with Crippen LogP contribution in [0.4, 0.5) is 9.59 Å². The number of carbonyl (C=O) groups excluding carboxylic acids is 2. The molecule has 174 valence electrons. The Labute approximate surface area is 190 Å². The molecule has 0 aliphatic carbocycles. The Hall–Kier alpha value is -3.06. The molecule has 0 saturated heterocycles. The Morgan fingerprint density at radius 2 is 1.44 bits per heavy atom. The van der Waals surface area contributed by atoms with Gasteiger partial charge in [-0.3, -0.25) is 0 Å². The largest absolute Gasteiger partial charge is 0.443 e. The summed E-state index contributed by atoms with van der Waals surface area (Å²) in [6.45, 7) is 1.98. The molecule has 0 aliphatic heterocycles. The Morgan fingerprint density at radius 1 is 0.875 bits per heavy atom. The van der Waals surface area contributed by atoms with E-state index in [1.807, 2.05) is 60.7 Å². The molecular formula is C25H34N2O5. The number of ether oxygens (including phenoxy) is 2. The summed E-state index contributed by atoms with van der Waals surface area (Å²) in [6.07, 6.45) is 4.23. The molecule has 0 aromatic heterocycles. The summed E-state index contributed by atoms with van der Waals surface area (Å²) in [4.78, 5) is 25.2. The van der Waals surface area contributed by atoms with E-state index in [1.54, 1.807) is 0 Å². The van der Waals surface area contributed by atoms with Gasteiger partial charge in [0.2, 0.25) is 0 Å². The van der Waals surface area contributed by atoms with E-state index in [0.29, 0.717) is 6.42 Å². The average molecular weight is 443 g/mol. The summed E-state index contributed by atoms with van der Waals surface area (Å²) in [5.41, 5.74) is 4.12. The lowest BCUT2D eigenvalue weighted by atomic mass is 10.1. The van der Waals surface area contributed by atoms with Gasteiger partial charge >= 0.3 is 12.2 Å². The van der Waals surface area contributed by atoms with Crippen LogP contribution in [0.5, 0.6) is 0 Å². The topological polar surface area (TPSA) is 88.1 Å². The van der Waals surface area contributed by atoms with Gasteiger partial charge in [0.05, 0.1) is 12.6 Å². The quantitative estimate of drug-likeness (QED) is 0.349. The highest BCUT2D eigenvalue weighted by Gasteiger charge is 2.27. The van der Waals surface area contributed by atoms with E-state index in [9.17, 15) is 14.7 Å². The van der Waals surface area contributed by atoms with E-state index in [-0.39, 0.29) is 19.8 Å². The van der Waals surface area contributed by atoms with Crippen LogP contribution in [0, 0.1) is 0 Å². The number of hydrogen-bond donors (Lipinski definition) is 2. The van der Waals surface area contributed by atoms with Crippen molar-refractivity contribution in [1.82, 2.24) is 10.4 Å². The molecule has 0 heterocycles. The number of aliphatic hydroxyl groups excluding tert-OH is 1. The van der Waals surface area contributed by atoms with Gasteiger partial charge in [0.15, 0.2) is 0 Å². The van der Waals surface area contributed by atoms with Crippen molar-refractivity contribution in [2.45, 2.75) is 64.7 Å². The zero-order chi connectivity index (χ0) is 23.0. The second-order valence-electron chi connectivity index (χ2n) is 7.62. The molecule has 2 N–H and O–H groups in total. The van der Waals surface area contributed by atoms with Gasteiger partial charge in [-0.15, -0.1) is 0 Å². The lowest BCUT2D eigenvalue weighted by Gasteiger charge is -2.29. The summed E-state index contributed by atoms with van der Waals surface area (Å²) in [5.74, 6) is 0. The summed E-state index contributed by atoms with van der Waals surface area (Å²) in [6, 6.07) is 17.9. The van der Waals surface area contributed by atoms with Crippen LogP contribution in [0.3, 0.4) is 0 Å². The summed E-state index contributed by atoms with van der Waals surface area (Å²) >= 11 is 0. The Bertz CT molecular complexity index is 785. The molecule has 0 saturated carbocycles. The highest BCUT2D eigenvalue weighted by Crippen LogP contribution is 2.13. The number of nitrogens with zero attached hydrogens (tertiary/aromatic N) is 1. The first-order valence-corrected chi connectivity index (χ1v) is 11.2. The van der Waals surface area contributed by atoms with E-state index in [2.05, 4.69) is 12.3 Å². The van der Waals surface area contributed by atoms with E-state index >= 15 is 0 Å². The van der Waals surface area contributed by atoms with Crippen LogP contribution in [0.25, 0.3) is 0 Å². The number of aliphatic hydroxyl groups is 1. The molecule has 2 aromatic rings. The monoisotopic (exact) mass is 442 g/mol. The molecule has 7 nitrogen and oxygen atoms in total. The zero-order valence-electron chi connectivity index (χ0n) is 18.7. The zero-order valence-corrected chi connectivity index (χ0v) is 18.7. The fourth-order valence-corrected chi connectivity index (χ4v) is 3.21. The number of rotatable bonds is 12. The lowest BCUT2D eigenvalue weighted by Crippen LogP contribution is -2.53. The summed E-state index contributed by atoms with van der Waals surface area (Å²) in [7, 11) is 0. The van der Waals surface area contributed by atoms with Crippen LogP contribution >= 0.6 is 0 Å². The molecule has 0 bridgehead atoms. The minimum atomic E-state index is -0.782. The third-order valence-electron chi connectivity index (χ3n) is 5.04. The van der Waals surface area contributed by atoms with Crippen molar-refractivity contribution in [2.75, 3.05) is 6.61 Å². The van der Waals surface area contributed by atoms with Crippen molar-refractivity contribution in [1.29, 1.82) is 0 Å². The standard InChI is InChI=1S/C25H34N2O5/c1-2-3-4-5-12-17-23(18-28)27(25(30)32-20-22-15-10-7-11-16-22)26-24(29)31-19-21-13-8-6-9-14-21/h6-11,13-16,23,28H,2-5,12,17-20H2,1H3,(H,26,29)/t23-/m0/s1. The van der Waals surface area contributed by atoms with Crippen LogP contribution < -0.4 is 5.43 Å². The molecule has 0 fully saturated rings. The molecule has 0 radical (unpaired) electrons. The molecule has 0 unspecified atom stereocenters. The third-order valence-corrected chi connectivity index (χ3v) is 5.04. The predicted octanol–water partition coefficient (Wildman–Crippen LogP) is 5.19. The van der Waals surface area contributed by atoms with Gasteiger partial charge in [-0.05, 0) is 17.5 Å². The maximum absolute atomic E-state index is 12.8. The molecule has 0 aliphatic rings. The number of hydrazine groups is 1. The maximum Gasteiger partial charge on any atom is 0.429 e. The van der Waals surface area contributed by atoms with Crippen molar-refractivity contribution in [2.24, 2.45) is 0 Å². The second-order valence-corrected chi connectivity index (χ2v) is 7.62.